The van der Waals surface area contributed by atoms with Crippen LogP contribution in [0.2, 0.25) is 5.02 Å². The van der Waals surface area contributed by atoms with E-state index in [4.69, 9.17) is 11.6 Å². The van der Waals surface area contributed by atoms with Gasteiger partial charge in [0.2, 0.25) is 0 Å². The molecule has 0 aromatic carbocycles. The summed E-state index contributed by atoms with van der Waals surface area (Å²) < 4.78 is 0. The first-order valence-corrected chi connectivity index (χ1v) is 5.26. The molecule has 1 heterocycles. The van der Waals surface area contributed by atoms with Gasteiger partial charge in [0.25, 0.3) is 0 Å². The number of thiol groups is 1. The van der Waals surface area contributed by atoms with Gasteiger partial charge in [0.05, 0.1) is 10.7 Å². The Bertz CT molecular complexity index is 238. The van der Waals surface area contributed by atoms with Crippen molar-refractivity contribution >= 4 is 24.2 Å². The molecule has 0 atom stereocenters. The Morgan fingerprint density at radius 2 is 2.31 bits per heavy atom. The van der Waals surface area contributed by atoms with Gasteiger partial charge in [-0.3, -0.25) is 4.98 Å². The first kappa shape index (κ1) is 10.8. The monoisotopic (exact) mass is 216 g/mol. The second kappa shape index (κ2) is 6.24. The highest BCUT2D eigenvalue weighted by molar-refractivity contribution is 7.80. The molecule has 1 aromatic rings. The van der Waals surface area contributed by atoms with Crippen molar-refractivity contribution in [3.63, 3.8) is 0 Å². The summed E-state index contributed by atoms with van der Waals surface area (Å²) in [6.45, 7) is 1.78. The third kappa shape index (κ3) is 4.50. The Labute approximate surface area is 89.1 Å². The molecule has 0 saturated heterocycles. The summed E-state index contributed by atoms with van der Waals surface area (Å²) >= 11 is 9.82. The molecule has 0 spiro atoms. The number of nitrogens with zero attached hydrogens (tertiary/aromatic N) is 1. The summed E-state index contributed by atoms with van der Waals surface area (Å²) in [6.07, 6.45) is 2.74. The van der Waals surface area contributed by atoms with E-state index in [0.717, 1.165) is 31.0 Å². The molecule has 1 aromatic heterocycles. The molecule has 0 unspecified atom stereocenters. The topological polar surface area (TPSA) is 24.9 Å². The summed E-state index contributed by atoms with van der Waals surface area (Å²) in [5.74, 6) is 0.918. The van der Waals surface area contributed by atoms with Crippen LogP contribution in [0.25, 0.3) is 0 Å². The van der Waals surface area contributed by atoms with E-state index < -0.39 is 0 Å². The Balaban J connectivity index is 2.25. The molecule has 4 heteroatoms. The molecule has 72 valence electrons. The molecule has 0 amide bonds. The van der Waals surface area contributed by atoms with Crippen LogP contribution in [0.3, 0.4) is 0 Å². The second-order valence-corrected chi connectivity index (χ2v) is 3.61. The maximum Gasteiger partial charge on any atom is 0.0589 e. The number of hydrogen-bond acceptors (Lipinski definition) is 3. The molecule has 0 aliphatic heterocycles. The summed E-state index contributed by atoms with van der Waals surface area (Å²) in [5, 5.41) is 3.95. The van der Waals surface area contributed by atoms with E-state index in [1.165, 1.54) is 0 Å². The fourth-order valence-corrected chi connectivity index (χ4v) is 1.20. The Morgan fingerprint density at radius 3 is 2.92 bits per heavy atom. The van der Waals surface area contributed by atoms with Crippen LogP contribution in [0.4, 0.5) is 0 Å². The van der Waals surface area contributed by atoms with Gasteiger partial charge in [-0.25, -0.2) is 0 Å². The van der Waals surface area contributed by atoms with Gasteiger partial charge < -0.3 is 5.32 Å². The van der Waals surface area contributed by atoms with Gasteiger partial charge in [-0.2, -0.15) is 12.6 Å². The molecule has 0 bridgehead atoms. The molecule has 0 saturated carbocycles. The Morgan fingerprint density at radius 1 is 1.46 bits per heavy atom. The number of pyridine rings is 1. The molecule has 0 aliphatic carbocycles. The molecular formula is C9H13ClN2S. The predicted octanol–water partition coefficient (Wildman–Crippen LogP) is 2.14. The van der Waals surface area contributed by atoms with Crippen molar-refractivity contribution < 1.29 is 0 Å². The molecule has 2 nitrogen and oxygen atoms in total. The van der Waals surface area contributed by atoms with Crippen molar-refractivity contribution in [1.29, 1.82) is 0 Å². The SMILES string of the molecule is SCCCNCc1ccc(Cl)cn1. The van der Waals surface area contributed by atoms with Crippen molar-refractivity contribution in [2.75, 3.05) is 12.3 Å². The van der Waals surface area contributed by atoms with Crippen LogP contribution >= 0.6 is 24.2 Å². The fourth-order valence-electron chi connectivity index (χ4n) is 0.932. The molecule has 0 aliphatic rings. The van der Waals surface area contributed by atoms with Crippen LogP contribution in [0, 0.1) is 0 Å². The van der Waals surface area contributed by atoms with E-state index in [0.29, 0.717) is 5.02 Å². The lowest BCUT2D eigenvalue weighted by Gasteiger charge is -2.02. The van der Waals surface area contributed by atoms with Gasteiger partial charge in [0.1, 0.15) is 0 Å². The minimum atomic E-state index is 0.680. The fraction of sp³-hybridized carbons (Fsp3) is 0.444. The lowest BCUT2D eigenvalue weighted by Crippen LogP contribution is -2.15. The highest BCUT2D eigenvalue weighted by atomic mass is 35.5. The minimum absolute atomic E-state index is 0.680. The zero-order valence-corrected chi connectivity index (χ0v) is 8.98. The third-order valence-electron chi connectivity index (χ3n) is 1.61. The van der Waals surface area contributed by atoms with E-state index >= 15 is 0 Å². The molecule has 0 fully saturated rings. The van der Waals surface area contributed by atoms with Crippen molar-refractivity contribution in [3.8, 4) is 0 Å². The van der Waals surface area contributed by atoms with Crippen LogP contribution in [-0.4, -0.2) is 17.3 Å². The highest BCUT2D eigenvalue weighted by Gasteiger charge is 1.93. The minimum Gasteiger partial charge on any atom is -0.311 e. The lowest BCUT2D eigenvalue weighted by atomic mass is 10.3. The Kier molecular flexibility index (Phi) is 5.20. The number of hydrogen-bond donors (Lipinski definition) is 2. The van der Waals surface area contributed by atoms with E-state index in [2.05, 4.69) is 22.9 Å². The molecular weight excluding hydrogens is 204 g/mol. The van der Waals surface area contributed by atoms with E-state index in [1.54, 1.807) is 6.20 Å². The van der Waals surface area contributed by atoms with Crippen LogP contribution in [0.1, 0.15) is 12.1 Å². The van der Waals surface area contributed by atoms with Gasteiger partial charge in [-0.05, 0) is 30.9 Å². The molecule has 1 rings (SSSR count). The summed E-state index contributed by atoms with van der Waals surface area (Å²) in [4.78, 5) is 4.16. The van der Waals surface area contributed by atoms with E-state index in [9.17, 15) is 0 Å². The average Bonchev–Trinajstić information content (AvgIpc) is 2.15. The van der Waals surface area contributed by atoms with E-state index in [-0.39, 0.29) is 0 Å². The third-order valence-corrected chi connectivity index (χ3v) is 2.15. The zero-order valence-electron chi connectivity index (χ0n) is 7.33. The van der Waals surface area contributed by atoms with Crippen molar-refractivity contribution in [3.05, 3.63) is 29.0 Å². The number of nitrogens with one attached hydrogen (secondary N) is 1. The second-order valence-electron chi connectivity index (χ2n) is 2.72. The average molecular weight is 217 g/mol. The smallest absolute Gasteiger partial charge is 0.0589 e. The maximum atomic E-state index is 5.70. The molecule has 0 radical (unpaired) electrons. The van der Waals surface area contributed by atoms with Gasteiger partial charge in [-0.15, -0.1) is 0 Å². The van der Waals surface area contributed by atoms with Gasteiger partial charge in [0.15, 0.2) is 0 Å². The van der Waals surface area contributed by atoms with Crippen LogP contribution in [0.5, 0.6) is 0 Å². The van der Waals surface area contributed by atoms with Gasteiger partial charge in [-0.1, -0.05) is 11.6 Å². The number of aromatic nitrogens is 1. The first-order chi connectivity index (χ1) is 6.33. The summed E-state index contributed by atoms with van der Waals surface area (Å²) in [7, 11) is 0. The normalized spacial score (nSPS) is 10.3. The lowest BCUT2D eigenvalue weighted by molar-refractivity contribution is 0.668. The van der Waals surface area contributed by atoms with Crippen molar-refractivity contribution in [2.24, 2.45) is 0 Å². The predicted molar refractivity (Wildman–Crippen MR) is 59.4 cm³/mol. The Hall–Kier alpha value is -0.250. The van der Waals surface area contributed by atoms with Crippen LogP contribution in [-0.2, 0) is 6.54 Å². The van der Waals surface area contributed by atoms with E-state index in [1.807, 2.05) is 12.1 Å². The zero-order chi connectivity index (χ0) is 9.52. The summed E-state index contributed by atoms with van der Waals surface area (Å²) in [5.41, 5.74) is 1.02. The summed E-state index contributed by atoms with van der Waals surface area (Å²) in [6, 6.07) is 3.78. The number of halogens is 1. The van der Waals surface area contributed by atoms with Crippen LogP contribution < -0.4 is 5.32 Å². The van der Waals surface area contributed by atoms with Gasteiger partial charge in [0, 0.05) is 12.7 Å². The van der Waals surface area contributed by atoms with Crippen molar-refractivity contribution in [1.82, 2.24) is 10.3 Å². The van der Waals surface area contributed by atoms with Crippen LogP contribution in [0.15, 0.2) is 18.3 Å². The molecule has 13 heavy (non-hydrogen) atoms. The molecule has 1 N–H and O–H groups in total. The van der Waals surface area contributed by atoms with Gasteiger partial charge >= 0.3 is 0 Å². The van der Waals surface area contributed by atoms with Crippen molar-refractivity contribution in [2.45, 2.75) is 13.0 Å². The maximum absolute atomic E-state index is 5.70. The quantitative estimate of drug-likeness (QED) is 0.583. The highest BCUT2D eigenvalue weighted by Crippen LogP contribution is 2.05. The largest absolute Gasteiger partial charge is 0.311 e. The number of rotatable bonds is 5. The standard InChI is InChI=1S/C9H13ClN2S/c10-8-2-3-9(12-6-8)7-11-4-1-5-13/h2-3,6,11,13H,1,4-5,7H2. The first-order valence-electron chi connectivity index (χ1n) is 4.25.